The van der Waals surface area contributed by atoms with Crippen LogP contribution >= 0.6 is 15.9 Å². The van der Waals surface area contributed by atoms with Gasteiger partial charge in [-0.2, -0.15) is 0 Å². The standard InChI is InChI=1S/C16H26BrN3/c1-4-15-10-19-16(5-2,6-3)12-20(15)11-13-7-14(17)9-18-8-13/h7-9,15,19H,4-6,10-12H2,1-3H3. The zero-order valence-electron chi connectivity index (χ0n) is 12.8. The van der Waals surface area contributed by atoms with Crippen molar-refractivity contribution in [1.29, 1.82) is 0 Å². The first kappa shape index (κ1) is 15.9. The van der Waals surface area contributed by atoms with E-state index in [4.69, 9.17) is 0 Å². The molecule has 2 heterocycles. The summed E-state index contributed by atoms with van der Waals surface area (Å²) in [6.07, 6.45) is 7.40. The third-order valence-corrected chi connectivity index (χ3v) is 5.14. The van der Waals surface area contributed by atoms with E-state index in [-0.39, 0.29) is 5.54 Å². The predicted octanol–water partition coefficient (Wildman–Crippen LogP) is 3.59. The summed E-state index contributed by atoms with van der Waals surface area (Å²) in [7, 11) is 0. The molecule has 1 unspecified atom stereocenters. The smallest absolute Gasteiger partial charge is 0.0410 e. The maximum absolute atomic E-state index is 4.29. The molecule has 4 heteroatoms. The third-order valence-electron chi connectivity index (χ3n) is 4.71. The molecule has 0 aromatic carbocycles. The van der Waals surface area contributed by atoms with E-state index in [0.717, 1.165) is 24.1 Å². The van der Waals surface area contributed by atoms with Gasteiger partial charge in [0.2, 0.25) is 0 Å². The summed E-state index contributed by atoms with van der Waals surface area (Å²) < 4.78 is 1.07. The van der Waals surface area contributed by atoms with Crippen LogP contribution in [0.15, 0.2) is 22.9 Å². The third kappa shape index (κ3) is 3.60. The first-order chi connectivity index (χ1) is 9.62. The van der Waals surface area contributed by atoms with Crippen LogP contribution in [0.4, 0.5) is 0 Å². The Kier molecular flexibility index (Phi) is 5.58. The summed E-state index contributed by atoms with van der Waals surface area (Å²) in [6, 6.07) is 2.81. The highest BCUT2D eigenvalue weighted by Crippen LogP contribution is 2.25. The molecule has 0 aliphatic carbocycles. The summed E-state index contributed by atoms with van der Waals surface area (Å²) in [5.74, 6) is 0. The molecule has 1 atom stereocenters. The molecule has 20 heavy (non-hydrogen) atoms. The summed E-state index contributed by atoms with van der Waals surface area (Å²) in [5, 5.41) is 3.79. The van der Waals surface area contributed by atoms with Crippen LogP contribution in [0.25, 0.3) is 0 Å². The van der Waals surface area contributed by atoms with Crippen molar-refractivity contribution in [1.82, 2.24) is 15.2 Å². The van der Waals surface area contributed by atoms with E-state index >= 15 is 0 Å². The monoisotopic (exact) mass is 339 g/mol. The Labute approximate surface area is 131 Å². The van der Waals surface area contributed by atoms with E-state index < -0.39 is 0 Å². The number of piperazine rings is 1. The topological polar surface area (TPSA) is 28.2 Å². The number of pyridine rings is 1. The highest BCUT2D eigenvalue weighted by Gasteiger charge is 2.35. The maximum Gasteiger partial charge on any atom is 0.0410 e. The van der Waals surface area contributed by atoms with Gasteiger partial charge < -0.3 is 5.32 Å². The van der Waals surface area contributed by atoms with E-state index in [0.29, 0.717) is 6.04 Å². The molecule has 0 amide bonds. The Balaban J connectivity index is 2.13. The number of nitrogens with one attached hydrogen (secondary N) is 1. The molecule has 1 aliphatic rings. The van der Waals surface area contributed by atoms with Crippen molar-refractivity contribution < 1.29 is 0 Å². The lowest BCUT2D eigenvalue weighted by Gasteiger charge is -2.47. The second-order valence-electron chi connectivity index (χ2n) is 5.85. The summed E-state index contributed by atoms with van der Waals surface area (Å²) in [5.41, 5.74) is 1.58. The predicted molar refractivity (Wildman–Crippen MR) is 87.7 cm³/mol. The van der Waals surface area contributed by atoms with Crippen molar-refractivity contribution in [2.75, 3.05) is 13.1 Å². The second-order valence-corrected chi connectivity index (χ2v) is 6.76. The Hall–Kier alpha value is -0.450. The molecule has 0 bridgehead atoms. The van der Waals surface area contributed by atoms with Crippen LogP contribution in [-0.4, -0.2) is 34.6 Å². The highest BCUT2D eigenvalue weighted by atomic mass is 79.9. The Bertz CT molecular complexity index is 431. The van der Waals surface area contributed by atoms with Crippen LogP contribution in [0.3, 0.4) is 0 Å². The molecule has 112 valence electrons. The summed E-state index contributed by atoms with van der Waals surface area (Å²) >= 11 is 3.52. The van der Waals surface area contributed by atoms with Gasteiger partial charge >= 0.3 is 0 Å². The van der Waals surface area contributed by atoms with Gasteiger partial charge in [0.1, 0.15) is 0 Å². The molecule has 1 saturated heterocycles. The van der Waals surface area contributed by atoms with Crippen molar-refractivity contribution >= 4 is 15.9 Å². The molecule has 1 aromatic rings. The number of hydrogen-bond donors (Lipinski definition) is 1. The van der Waals surface area contributed by atoms with Gasteiger partial charge in [0.15, 0.2) is 0 Å². The summed E-state index contributed by atoms with van der Waals surface area (Å²) in [4.78, 5) is 6.92. The first-order valence-corrected chi connectivity index (χ1v) is 8.50. The van der Waals surface area contributed by atoms with Crippen LogP contribution in [0.5, 0.6) is 0 Å². The minimum atomic E-state index is 0.283. The molecule has 0 spiro atoms. The van der Waals surface area contributed by atoms with E-state index in [1.54, 1.807) is 0 Å². The van der Waals surface area contributed by atoms with Crippen molar-refractivity contribution in [3.8, 4) is 0 Å². The molecule has 0 radical (unpaired) electrons. The molecule has 1 fully saturated rings. The van der Waals surface area contributed by atoms with Crippen molar-refractivity contribution in [3.05, 3.63) is 28.5 Å². The van der Waals surface area contributed by atoms with Crippen LogP contribution in [-0.2, 0) is 6.54 Å². The van der Waals surface area contributed by atoms with Crippen molar-refractivity contribution in [3.63, 3.8) is 0 Å². The lowest BCUT2D eigenvalue weighted by atomic mass is 9.88. The largest absolute Gasteiger partial charge is 0.308 e. The average Bonchev–Trinajstić information content (AvgIpc) is 2.47. The quantitative estimate of drug-likeness (QED) is 0.888. The Morgan fingerprint density at radius 1 is 1.35 bits per heavy atom. The number of nitrogens with zero attached hydrogens (tertiary/aromatic N) is 2. The number of halogens is 1. The van der Waals surface area contributed by atoms with Gasteiger partial charge in [-0.1, -0.05) is 20.8 Å². The van der Waals surface area contributed by atoms with Gasteiger partial charge in [-0.3, -0.25) is 9.88 Å². The second kappa shape index (κ2) is 7.01. The van der Waals surface area contributed by atoms with Crippen LogP contribution in [0.1, 0.15) is 45.6 Å². The fourth-order valence-corrected chi connectivity index (χ4v) is 3.54. The van der Waals surface area contributed by atoms with Crippen molar-refractivity contribution in [2.24, 2.45) is 0 Å². The Morgan fingerprint density at radius 2 is 2.10 bits per heavy atom. The minimum absolute atomic E-state index is 0.283. The van der Waals surface area contributed by atoms with Gasteiger partial charge in [0.25, 0.3) is 0 Å². The minimum Gasteiger partial charge on any atom is -0.308 e. The van der Waals surface area contributed by atoms with Gasteiger partial charge in [0.05, 0.1) is 0 Å². The number of rotatable bonds is 5. The normalized spacial score (nSPS) is 22.9. The molecule has 3 nitrogen and oxygen atoms in total. The van der Waals surface area contributed by atoms with E-state index in [2.05, 4.69) is 58.0 Å². The lowest BCUT2D eigenvalue weighted by Crippen LogP contribution is -2.63. The molecule has 1 aromatic heterocycles. The average molecular weight is 340 g/mol. The summed E-state index contributed by atoms with van der Waals surface area (Å²) in [6.45, 7) is 10.1. The van der Waals surface area contributed by atoms with Gasteiger partial charge in [-0.05, 0) is 46.8 Å². The van der Waals surface area contributed by atoms with Crippen LogP contribution in [0, 0.1) is 0 Å². The van der Waals surface area contributed by atoms with Crippen molar-refractivity contribution in [2.45, 2.75) is 58.2 Å². The van der Waals surface area contributed by atoms with E-state index in [1.807, 2.05) is 12.4 Å². The SMILES string of the molecule is CCC1CNC(CC)(CC)CN1Cc1cncc(Br)c1. The van der Waals surface area contributed by atoms with E-state index in [1.165, 1.54) is 24.8 Å². The zero-order valence-corrected chi connectivity index (χ0v) is 14.4. The maximum atomic E-state index is 4.29. The van der Waals surface area contributed by atoms with Crippen LogP contribution in [0.2, 0.25) is 0 Å². The lowest BCUT2D eigenvalue weighted by molar-refractivity contribution is 0.0642. The zero-order chi connectivity index (χ0) is 14.6. The molecular formula is C16H26BrN3. The molecule has 1 N–H and O–H groups in total. The fourth-order valence-electron chi connectivity index (χ4n) is 3.13. The number of hydrogen-bond acceptors (Lipinski definition) is 3. The molecule has 0 saturated carbocycles. The fraction of sp³-hybridized carbons (Fsp3) is 0.688. The Morgan fingerprint density at radius 3 is 2.70 bits per heavy atom. The van der Waals surface area contributed by atoms with E-state index in [9.17, 15) is 0 Å². The first-order valence-electron chi connectivity index (χ1n) is 7.71. The highest BCUT2D eigenvalue weighted by molar-refractivity contribution is 9.10. The van der Waals surface area contributed by atoms with Gasteiger partial charge in [0, 0.05) is 48.1 Å². The van der Waals surface area contributed by atoms with Gasteiger partial charge in [-0.25, -0.2) is 0 Å². The number of aromatic nitrogens is 1. The van der Waals surface area contributed by atoms with Gasteiger partial charge in [-0.15, -0.1) is 0 Å². The molecule has 2 rings (SSSR count). The molecular weight excluding hydrogens is 314 g/mol. The molecule has 1 aliphatic heterocycles. The van der Waals surface area contributed by atoms with Crippen LogP contribution < -0.4 is 5.32 Å².